The van der Waals surface area contributed by atoms with E-state index in [0.717, 1.165) is 11.0 Å². The van der Waals surface area contributed by atoms with Crippen LogP contribution < -0.4 is 31.5 Å². The lowest BCUT2D eigenvalue weighted by atomic mass is 9.87. The number of amides is 5. The number of rotatable bonds is 17. The molecular formula is C37H47N8O14P. The molecule has 0 aliphatic carbocycles. The number of ether oxygens (including phenoxy) is 1. The van der Waals surface area contributed by atoms with Crippen LogP contribution in [0.25, 0.3) is 0 Å². The number of anilines is 1. The first kappa shape index (κ1) is 45.3. The summed E-state index contributed by atoms with van der Waals surface area (Å²) in [4.78, 5) is 79.4. The lowest BCUT2D eigenvalue weighted by Gasteiger charge is -2.31. The smallest absolute Gasteiger partial charge is 0.481 e. The number of phosphoric acid groups is 1. The summed E-state index contributed by atoms with van der Waals surface area (Å²) in [5.74, 6) is -5.10. The zero-order chi connectivity index (χ0) is 44.2. The zero-order valence-corrected chi connectivity index (χ0v) is 34.1. The summed E-state index contributed by atoms with van der Waals surface area (Å²) in [6.45, 7) is 6.21. The standard InChI is InChI=1S/C37H47N8O14P/c1-19(40-35(54)37(4,5)43-34(53)36(2,3)15-26(46)47)31(51)42-23(13-20-9-7-6-8-10-20)32(52)41-22-11-12-24-21(14-22)16-56-60(55,59-24)57-17-25-27(48)28(49)33(58-25)45-18-39-30(44-45)29(38)50/h6-12,14,18-19,23,25,27-28,33,48-49H,13,15-17H2,1-5H3,(H2,38,50)(H,40,54)(H,41,52)(H,42,51)(H,43,53)(H,46,47). The van der Waals surface area contributed by atoms with Gasteiger partial charge in [-0.15, -0.1) is 5.10 Å². The van der Waals surface area contributed by atoms with Gasteiger partial charge in [0.2, 0.25) is 29.5 Å². The number of benzene rings is 2. The minimum Gasteiger partial charge on any atom is -0.481 e. The number of carbonyl (C=O) groups is 6. The molecule has 1 saturated heterocycles. The minimum absolute atomic E-state index is 0.0569. The topological polar surface area (TPSA) is 322 Å². The highest BCUT2D eigenvalue weighted by Gasteiger charge is 2.46. The lowest BCUT2D eigenvalue weighted by Crippen LogP contribution is -2.61. The highest BCUT2D eigenvalue weighted by Crippen LogP contribution is 2.55. The number of phosphoric ester groups is 1. The van der Waals surface area contributed by atoms with Crippen molar-refractivity contribution in [1.82, 2.24) is 30.7 Å². The van der Waals surface area contributed by atoms with Crippen LogP contribution >= 0.6 is 7.82 Å². The number of fused-ring (bicyclic) bond motifs is 1. The SMILES string of the molecule is CC(NC(=O)C(C)(C)NC(=O)C(C)(C)CC(=O)O)C(=O)NC(Cc1ccccc1)C(=O)Nc1ccc2c(c1)COP(=O)(OCC1OC(n3cnc(C(N)=O)n3)C(O)C1O)O2. The van der Waals surface area contributed by atoms with Crippen molar-refractivity contribution in [2.24, 2.45) is 11.1 Å². The third-order valence-electron chi connectivity index (χ3n) is 9.50. The van der Waals surface area contributed by atoms with Gasteiger partial charge in [-0.2, -0.15) is 0 Å². The maximum atomic E-state index is 13.7. The van der Waals surface area contributed by atoms with E-state index in [4.69, 9.17) is 29.1 Å². The summed E-state index contributed by atoms with van der Waals surface area (Å²) in [7, 11) is -4.28. The second-order valence-electron chi connectivity index (χ2n) is 15.4. The molecule has 5 rings (SSSR count). The van der Waals surface area contributed by atoms with Gasteiger partial charge in [0.25, 0.3) is 5.91 Å². The molecule has 2 aliphatic heterocycles. The highest BCUT2D eigenvalue weighted by atomic mass is 31.2. The van der Waals surface area contributed by atoms with Gasteiger partial charge in [-0.05, 0) is 44.5 Å². The van der Waals surface area contributed by atoms with Crippen molar-refractivity contribution in [2.75, 3.05) is 11.9 Å². The number of primary amides is 1. The number of hydrogen-bond donors (Lipinski definition) is 8. The van der Waals surface area contributed by atoms with Crippen LogP contribution in [0.15, 0.2) is 54.9 Å². The van der Waals surface area contributed by atoms with Gasteiger partial charge in [-0.25, -0.2) is 14.2 Å². The molecule has 7 unspecified atom stereocenters. The molecule has 0 bridgehead atoms. The van der Waals surface area contributed by atoms with Crippen molar-refractivity contribution in [1.29, 1.82) is 0 Å². The Morgan fingerprint density at radius 3 is 2.35 bits per heavy atom. The maximum Gasteiger partial charge on any atom is 0.530 e. The molecule has 3 heterocycles. The second-order valence-corrected chi connectivity index (χ2v) is 17.0. The molecule has 2 aromatic carbocycles. The molecule has 9 N–H and O–H groups in total. The molecule has 0 saturated carbocycles. The van der Waals surface area contributed by atoms with Crippen molar-refractivity contribution < 1.29 is 67.0 Å². The predicted molar refractivity (Wildman–Crippen MR) is 206 cm³/mol. The first-order chi connectivity index (χ1) is 28.1. The number of aliphatic hydroxyl groups excluding tert-OH is 2. The van der Waals surface area contributed by atoms with E-state index >= 15 is 0 Å². The molecule has 0 spiro atoms. The average molecular weight is 859 g/mol. The number of nitrogens with one attached hydrogen (secondary N) is 4. The fourth-order valence-electron chi connectivity index (χ4n) is 5.97. The summed E-state index contributed by atoms with van der Waals surface area (Å²) < 4.78 is 36.3. The third kappa shape index (κ3) is 11.1. The molecule has 1 aromatic heterocycles. The van der Waals surface area contributed by atoms with E-state index in [1.165, 1.54) is 52.8 Å². The molecule has 5 amide bonds. The Morgan fingerprint density at radius 1 is 1.00 bits per heavy atom. The van der Waals surface area contributed by atoms with E-state index < -0.39 is 104 Å². The van der Waals surface area contributed by atoms with E-state index in [0.29, 0.717) is 11.1 Å². The van der Waals surface area contributed by atoms with Crippen LogP contribution in [0.5, 0.6) is 5.75 Å². The average Bonchev–Trinajstić information content (AvgIpc) is 3.78. The largest absolute Gasteiger partial charge is 0.530 e. The number of nitrogens with two attached hydrogens (primary N) is 1. The van der Waals surface area contributed by atoms with Crippen molar-refractivity contribution >= 4 is 49.0 Å². The fraction of sp³-hybridized carbons (Fsp3) is 0.459. The quantitative estimate of drug-likeness (QED) is 0.0846. The first-order valence-corrected chi connectivity index (χ1v) is 20.0. The van der Waals surface area contributed by atoms with Crippen molar-refractivity contribution in [2.45, 2.75) is 96.2 Å². The van der Waals surface area contributed by atoms with E-state index in [1.807, 2.05) is 0 Å². The Kier molecular flexibility index (Phi) is 13.8. The van der Waals surface area contributed by atoms with E-state index in [1.54, 1.807) is 30.3 Å². The first-order valence-electron chi connectivity index (χ1n) is 18.5. The number of hydrogen-bond acceptors (Lipinski definition) is 15. The number of aliphatic hydroxyl groups is 2. The number of aliphatic carboxylic acids is 1. The summed E-state index contributed by atoms with van der Waals surface area (Å²) in [6, 6.07) is 10.9. The number of carboxylic acids is 1. The van der Waals surface area contributed by atoms with Gasteiger partial charge in [0.05, 0.1) is 25.0 Å². The zero-order valence-electron chi connectivity index (χ0n) is 33.2. The summed E-state index contributed by atoms with van der Waals surface area (Å²) >= 11 is 0. The van der Waals surface area contributed by atoms with Gasteiger partial charge in [0.15, 0.2) is 6.23 Å². The van der Waals surface area contributed by atoms with E-state index in [2.05, 4.69) is 31.3 Å². The van der Waals surface area contributed by atoms with Gasteiger partial charge in [0, 0.05) is 17.7 Å². The van der Waals surface area contributed by atoms with Crippen LogP contribution in [0.4, 0.5) is 5.69 Å². The van der Waals surface area contributed by atoms with Crippen LogP contribution in [0.2, 0.25) is 0 Å². The Labute approximate surface area is 343 Å². The van der Waals surface area contributed by atoms with Gasteiger partial charge in [0.1, 0.15) is 48.0 Å². The van der Waals surface area contributed by atoms with Gasteiger partial charge < -0.3 is 51.6 Å². The number of carbonyl (C=O) groups excluding carboxylic acids is 5. The molecule has 1 fully saturated rings. The normalized spacial score (nSPS) is 22.3. The summed E-state index contributed by atoms with van der Waals surface area (Å²) in [5, 5.41) is 44.5. The third-order valence-corrected chi connectivity index (χ3v) is 10.8. The van der Waals surface area contributed by atoms with Crippen molar-refractivity contribution in [3.63, 3.8) is 0 Å². The maximum absolute atomic E-state index is 13.7. The highest BCUT2D eigenvalue weighted by molar-refractivity contribution is 7.49. The molecule has 22 nitrogen and oxygen atoms in total. The van der Waals surface area contributed by atoms with Crippen LogP contribution in [-0.2, 0) is 55.3 Å². The molecule has 7 atom stereocenters. The van der Waals surface area contributed by atoms with Crippen LogP contribution in [-0.4, -0.2) is 108 Å². The number of carboxylic acid groups (broad SMARTS) is 1. The molecule has 0 radical (unpaired) electrons. The Morgan fingerprint density at radius 2 is 1.70 bits per heavy atom. The Bertz CT molecular complexity index is 2170. The minimum atomic E-state index is -4.28. The number of aromatic nitrogens is 3. The van der Waals surface area contributed by atoms with Crippen LogP contribution in [0.1, 0.15) is 69.0 Å². The van der Waals surface area contributed by atoms with Crippen molar-refractivity contribution in [3.8, 4) is 5.75 Å². The van der Waals surface area contributed by atoms with E-state index in [-0.39, 0.29) is 30.3 Å². The molecular weight excluding hydrogens is 811 g/mol. The second kappa shape index (κ2) is 18.2. The Balaban J connectivity index is 1.19. The van der Waals surface area contributed by atoms with Crippen LogP contribution in [0.3, 0.4) is 0 Å². The Hall–Kier alpha value is -5.77. The molecule has 324 valence electrons. The van der Waals surface area contributed by atoms with Crippen LogP contribution in [0, 0.1) is 5.41 Å². The van der Waals surface area contributed by atoms with Gasteiger partial charge >= 0.3 is 13.8 Å². The number of nitrogens with zero attached hydrogens (tertiary/aromatic N) is 3. The van der Waals surface area contributed by atoms with Crippen molar-refractivity contribution in [3.05, 3.63) is 71.8 Å². The lowest BCUT2D eigenvalue weighted by molar-refractivity contribution is -0.145. The molecule has 2 aliphatic rings. The predicted octanol–water partition coefficient (Wildman–Crippen LogP) is 0.297. The molecule has 60 heavy (non-hydrogen) atoms. The van der Waals surface area contributed by atoms with E-state index in [9.17, 15) is 43.5 Å². The van der Waals surface area contributed by atoms with Gasteiger partial charge in [-0.3, -0.25) is 37.8 Å². The fourth-order valence-corrected chi connectivity index (χ4v) is 7.20. The molecule has 3 aromatic rings. The van der Waals surface area contributed by atoms with Gasteiger partial charge in [-0.1, -0.05) is 44.2 Å². The monoisotopic (exact) mass is 858 g/mol. The molecule has 23 heteroatoms. The summed E-state index contributed by atoms with van der Waals surface area (Å²) in [5.41, 5.74) is 3.64. The summed E-state index contributed by atoms with van der Waals surface area (Å²) in [6.07, 6.45) is -4.89.